The molecule has 0 aliphatic heterocycles. The zero-order valence-electron chi connectivity index (χ0n) is 18.0. The van der Waals surface area contributed by atoms with E-state index in [1.807, 2.05) is 0 Å². The number of Topliss-reactive ketones (excluding diaryl/α,β-unsaturated/α-hetero) is 2. The third kappa shape index (κ3) is 19.4. The summed E-state index contributed by atoms with van der Waals surface area (Å²) < 4.78 is 20.9. The van der Waals surface area contributed by atoms with Crippen LogP contribution in [0.4, 0.5) is 0 Å². The number of hydrogen-bond donors (Lipinski definition) is 2. The van der Waals surface area contributed by atoms with Gasteiger partial charge < -0.3 is 29.4 Å². The molecule has 0 radical (unpaired) electrons. The lowest BCUT2D eigenvalue weighted by atomic mass is 10.1. The normalized spacial score (nSPS) is 11.8. The zero-order chi connectivity index (χ0) is 22.6. The Bertz CT molecular complexity index is 511. The number of nitrogens with one attached hydrogen (secondary N) is 1. The minimum absolute atomic E-state index is 0.0174. The molecule has 2 N–H and O–H groups in total. The first-order valence-corrected chi connectivity index (χ1v) is 10.1. The zero-order valence-corrected chi connectivity index (χ0v) is 18.0. The molecule has 0 aromatic carbocycles. The van der Waals surface area contributed by atoms with Crippen LogP contribution in [-0.4, -0.2) is 87.9 Å². The molecule has 0 aliphatic carbocycles. The van der Waals surface area contributed by atoms with Gasteiger partial charge in [-0.2, -0.15) is 0 Å². The highest BCUT2D eigenvalue weighted by atomic mass is 16.5. The Labute approximate surface area is 177 Å². The summed E-state index contributed by atoms with van der Waals surface area (Å²) in [6, 6.07) is 0. The first-order chi connectivity index (χ1) is 14.3. The summed E-state index contributed by atoms with van der Waals surface area (Å²) in [5, 5.41) is 11.4. The maximum absolute atomic E-state index is 11.6. The fourth-order valence-electron chi connectivity index (χ4n) is 2.11. The number of carboxylic acids is 1. The molecule has 10 nitrogen and oxygen atoms in total. The fourth-order valence-corrected chi connectivity index (χ4v) is 2.11. The lowest BCUT2D eigenvalue weighted by Crippen LogP contribution is -2.28. The summed E-state index contributed by atoms with van der Waals surface area (Å²) >= 11 is 0. The van der Waals surface area contributed by atoms with Crippen LogP contribution >= 0.6 is 0 Å². The molecule has 0 saturated heterocycles. The summed E-state index contributed by atoms with van der Waals surface area (Å²) in [6.07, 6.45) is 1.42. The van der Waals surface area contributed by atoms with E-state index in [0.717, 1.165) is 0 Å². The standard InChI is InChI=1S/C20H35NO9/c1-16(20(25)26)5-6-19(24)21-7-9-28-11-13-30-15-18(23)4-3-8-27-10-12-29-14-17(2)22/h16H,3-15H2,1-2H3,(H,21,24)(H,25,26). The Kier molecular flexibility index (Phi) is 17.9. The second-order valence-corrected chi connectivity index (χ2v) is 6.80. The molecule has 30 heavy (non-hydrogen) atoms. The van der Waals surface area contributed by atoms with E-state index in [1.165, 1.54) is 6.92 Å². The van der Waals surface area contributed by atoms with Gasteiger partial charge in [0.2, 0.25) is 5.91 Å². The summed E-state index contributed by atoms with van der Waals surface area (Å²) in [5.74, 6) is -1.71. The van der Waals surface area contributed by atoms with E-state index < -0.39 is 11.9 Å². The predicted molar refractivity (Wildman–Crippen MR) is 107 cm³/mol. The molecule has 10 heteroatoms. The minimum atomic E-state index is -0.912. The number of carbonyl (C=O) groups is 4. The van der Waals surface area contributed by atoms with Gasteiger partial charge in [0.05, 0.1) is 39.0 Å². The number of ketones is 2. The van der Waals surface area contributed by atoms with Gasteiger partial charge >= 0.3 is 5.97 Å². The van der Waals surface area contributed by atoms with Crippen LogP contribution in [0.25, 0.3) is 0 Å². The van der Waals surface area contributed by atoms with Crippen LogP contribution in [0.15, 0.2) is 0 Å². The third-order valence-electron chi connectivity index (χ3n) is 3.85. The number of amides is 1. The molecule has 1 amide bonds. The summed E-state index contributed by atoms with van der Waals surface area (Å²) in [6.45, 7) is 5.53. The van der Waals surface area contributed by atoms with Crippen molar-refractivity contribution >= 4 is 23.4 Å². The van der Waals surface area contributed by atoms with Gasteiger partial charge in [0.25, 0.3) is 0 Å². The molecule has 0 aromatic rings. The average Bonchev–Trinajstić information content (AvgIpc) is 2.69. The van der Waals surface area contributed by atoms with Crippen molar-refractivity contribution in [1.82, 2.24) is 5.32 Å². The van der Waals surface area contributed by atoms with Gasteiger partial charge in [0.15, 0.2) is 11.6 Å². The van der Waals surface area contributed by atoms with Crippen LogP contribution in [-0.2, 0) is 38.1 Å². The molecular formula is C20H35NO9. The van der Waals surface area contributed by atoms with Gasteiger partial charge in [0.1, 0.15) is 13.2 Å². The fraction of sp³-hybridized carbons (Fsp3) is 0.800. The van der Waals surface area contributed by atoms with Crippen LogP contribution in [0.5, 0.6) is 0 Å². The predicted octanol–water partition coefficient (Wildman–Crippen LogP) is 0.608. The number of carboxylic acid groups (broad SMARTS) is 1. The Morgan fingerprint density at radius 1 is 0.833 bits per heavy atom. The van der Waals surface area contributed by atoms with E-state index >= 15 is 0 Å². The van der Waals surface area contributed by atoms with Gasteiger partial charge in [-0.25, -0.2) is 0 Å². The SMILES string of the molecule is CC(=O)COCCOCCCC(=O)COCCOCCNC(=O)CCC(C)C(=O)O. The monoisotopic (exact) mass is 433 g/mol. The summed E-state index contributed by atoms with van der Waals surface area (Å²) in [7, 11) is 0. The number of hydrogen-bond acceptors (Lipinski definition) is 8. The highest BCUT2D eigenvalue weighted by molar-refractivity contribution is 5.79. The maximum Gasteiger partial charge on any atom is 0.306 e. The average molecular weight is 433 g/mol. The van der Waals surface area contributed by atoms with Gasteiger partial charge in [-0.15, -0.1) is 0 Å². The van der Waals surface area contributed by atoms with Crippen LogP contribution < -0.4 is 5.32 Å². The van der Waals surface area contributed by atoms with Crippen molar-refractivity contribution in [2.75, 3.05) is 59.4 Å². The van der Waals surface area contributed by atoms with Crippen molar-refractivity contribution in [3.63, 3.8) is 0 Å². The van der Waals surface area contributed by atoms with Gasteiger partial charge in [-0.05, 0) is 19.8 Å². The number of ether oxygens (including phenoxy) is 4. The van der Waals surface area contributed by atoms with Crippen LogP contribution in [0.3, 0.4) is 0 Å². The van der Waals surface area contributed by atoms with Crippen molar-refractivity contribution in [2.24, 2.45) is 5.92 Å². The van der Waals surface area contributed by atoms with Gasteiger partial charge in [-0.3, -0.25) is 19.2 Å². The van der Waals surface area contributed by atoms with Crippen molar-refractivity contribution < 1.29 is 43.2 Å². The molecule has 1 atom stereocenters. The summed E-state index contributed by atoms with van der Waals surface area (Å²) in [4.78, 5) is 44.5. The molecule has 0 fully saturated rings. The van der Waals surface area contributed by atoms with Gasteiger partial charge in [-0.1, -0.05) is 6.92 Å². The van der Waals surface area contributed by atoms with E-state index in [0.29, 0.717) is 58.8 Å². The highest BCUT2D eigenvalue weighted by Crippen LogP contribution is 2.04. The Morgan fingerprint density at radius 2 is 1.43 bits per heavy atom. The number of aliphatic carboxylic acids is 1. The summed E-state index contributed by atoms with van der Waals surface area (Å²) in [5.41, 5.74) is 0. The Balaban J connectivity index is 3.36. The van der Waals surface area contributed by atoms with Crippen LogP contribution in [0.1, 0.15) is 39.5 Å². The van der Waals surface area contributed by atoms with Crippen molar-refractivity contribution in [1.29, 1.82) is 0 Å². The maximum atomic E-state index is 11.6. The van der Waals surface area contributed by atoms with E-state index in [-0.39, 0.29) is 43.7 Å². The molecule has 0 rings (SSSR count). The largest absolute Gasteiger partial charge is 0.481 e. The van der Waals surface area contributed by atoms with Crippen molar-refractivity contribution in [3.8, 4) is 0 Å². The first-order valence-electron chi connectivity index (χ1n) is 10.1. The second-order valence-electron chi connectivity index (χ2n) is 6.80. The number of rotatable bonds is 21. The lowest BCUT2D eigenvalue weighted by Gasteiger charge is -2.08. The van der Waals surface area contributed by atoms with Crippen molar-refractivity contribution in [2.45, 2.75) is 39.5 Å². The van der Waals surface area contributed by atoms with Crippen LogP contribution in [0, 0.1) is 5.92 Å². The van der Waals surface area contributed by atoms with Gasteiger partial charge in [0, 0.05) is 26.0 Å². The number of carbonyl (C=O) groups excluding carboxylic acids is 3. The second kappa shape index (κ2) is 19.1. The molecule has 0 saturated carbocycles. The third-order valence-corrected chi connectivity index (χ3v) is 3.85. The topological polar surface area (TPSA) is 137 Å². The molecule has 174 valence electrons. The molecule has 0 aromatic heterocycles. The molecular weight excluding hydrogens is 398 g/mol. The molecule has 0 aliphatic rings. The smallest absolute Gasteiger partial charge is 0.306 e. The van der Waals surface area contributed by atoms with E-state index in [2.05, 4.69) is 5.32 Å². The molecule has 1 unspecified atom stereocenters. The van der Waals surface area contributed by atoms with E-state index in [4.69, 9.17) is 24.1 Å². The van der Waals surface area contributed by atoms with Crippen LogP contribution in [0.2, 0.25) is 0 Å². The molecule has 0 bridgehead atoms. The molecule has 0 heterocycles. The van der Waals surface area contributed by atoms with E-state index in [9.17, 15) is 19.2 Å². The Hall–Kier alpha value is -1.88. The lowest BCUT2D eigenvalue weighted by molar-refractivity contribution is -0.141. The highest BCUT2D eigenvalue weighted by Gasteiger charge is 2.12. The quantitative estimate of drug-likeness (QED) is 0.249. The van der Waals surface area contributed by atoms with E-state index in [1.54, 1.807) is 6.92 Å². The van der Waals surface area contributed by atoms with Crippen molar-refractivity contribution in [3.05, 3.63) is 0 Å². The first kappa shape index (κ1) is 28.1. The Morgan fingerprint density at radius 3 is 2.07 bits per heavy atom. The minimum Gasteiger partial charge on any atom is -0.481 e. The molecule has 0 spiro atoms.